The number of benzene rings is 1. The van der Waals surface area contributed by atoms with Crippen molar-refractivity contribution >= 4 is 22.6 Å². The van der Waals surface area contributed by atoms with E-state index in [0.29, 0.717) is 35.3 Å². The quantitative estimate of drug-likeness (QED) is 0.426. The van der Waals surface area contributed by atoms with E-state index >= 15 is 0 Å². The Kier molecular flexibility index (Phi) is 6.43. The number of pyridine rings is 2. The summed E-state index contributed by atoms with van der Waals surface area (Å²) < 4.78 is 14.5. The minimum absolute atomic E-state index is 0.146. The number of carbonyl (C=O) groups is 1. The van der Waals surface area contributed by atoms with Crippen LogP contribution in [0.3, 0.4) is 0 Å². The maximum atomic E-state index is 13.1. The molecule has 0 unspecified atom stereocenters. The number of anilines is 1. The molecule has 0 saturated carbocycles. The normalized spacial score (nSPS) is 13.8. The lowest BCUT2D eigenvalue weighted by molar-refractivity contribution is 0.102. The van der Waals surface area contributed by atoms with E-state index in [9.17, 15) is 9.59 Å². The SMILES string of the molecule is COc1ccc2c(Oc3ccc(NC(=O)c4c(CN5CCCC5)n(C)n(C)c4=O)nc3)ccnc2c1. The van der Waals surface area contributed by atoms with Gasteiger partial charge in [-0.25, -0.2) is 4.98 Å². The van der Waals surface area contributed by atoms with Gasteiger partial charge in [-0.2, -0.15) is 0 Å². The summed E-state index contributed by atoms with van der Waals surface area (Å²) in [7, 11) is 5.07. The largest absolute Gasteiger partial charge is 0.497 e. The van der Waals surface area contributed by atoms with Gasteiger partial charge in [-0.1, -0.05) is 0 Å². The number of amides is 1. The van der Waals surface area contributed by atoms with Gasteiger partial charge >= 0.3 is 0 Å². The third kappa shape index (κ3) is 4.55. The van der Waals surface area contributed by atoms with Gasteiger partial charge in [0.15, 0.2) is 0 Å². The molecule has 4 aromatic rings. The van der Waals surface area contributed by atoms with Gasteiger partial charge in [-0.3, -0.25) is 28.8 Å². The second-order valence-electron chi connectivity index (χ2n) is 8.78. The van der Waals surface area contributed by atoms with Gasteiger partial charge in [0.05, 0.1) is 24.5 Å². The lowest BCUT2D eigenvalue weighted by atomic mass is 10.2. The summed E-state index contributed by atoms with van der Waals surface area (Å²) in [4.78, 5) is 36.9. The smallest absolute Gasteiger partial charge is 0.279 e. The highest BCUT2D eigenvalue weighted by molar-refractivity contribution is 6.04. The number of likely N-dealkylation sites (tertiary alicyclic amines) is 1. The van der Waals surface area contributed by atoms with E-state index in [0.717, 1.165) is 36.8 Å². The van der Waals surface area contributed by atoms with Crippen molar-refractivity contribution in [1.82, 2.24) is 24.2 Å². The monoisotopic (exact) mass is 488 g/mol. The summed E-state index contributed by atoms with van der Waals surface area (Å²) >= 11 is 0. The van der Waals surface area contributed by atoms with E-state index in [1.165, 1.54) is 10.9 Å². The van der Waals surface area contributed by atoms with Crippen molar-refractivity contribution in [2.24, 2.45) is 14.1 Å². The maximum Gasteiger partial charge on any atom is 0.279 e. The number of ether oxygens (including phenoxy) is 2. The van der Waals surface area contributed by atoms with Gasteiger partial charge in [0.1, 0.15) is 28.6 Å². The Morgan fingerprint density at radius 2 is 1.81 bits per heavy atom. The van der Waals surface area contributed by atoms with Crippen LogP contribution in [0.15, 0.2) is 53.6 Å². The zero-order chi connectivity index (χ0) is 25.2. The number of nitrogens with one attached hydrogen (secondary N) is 1. The van der Waals surface area contributed by atoms with Crippen molar-refractivity contribution < 1.29 is 14.3 Å². The molecule has 1 aliphatic heterocycles. The van der Waals surface area contributed by atoms with Crippen molar-refractivity contribution in [3.63, 3.8) is 0 Å². The fraction of sp³-hybridized carbons (Fsp3) is 0.308. The van der Waals surface area contributed by atoms with Crippen molar-refractivity contribution in [3.8, 4) is 17.2 Å². The third-order valence-electron chi connectivity index (χ3n) is 6.55. The first-order valence-electron chi connectivity index (χ1n) is 11.8. The van der Waals surface area contributed by atoms with Gasteiger partial charge in [0.25, 0.3) is 11.5 Å². The number of hydrogen-bond donors (Lipinski definition) is 1. The number of nitrogens with zero attached hydrogens (tertiary/aromatic N) is 5. The predicted octanol–water partition coefficient (Wildman–Crippen LogP) is 3.32. The number of fused-ring (bicyclic) bond motifs is 1. The summed E-state index contributed by atoms with van der Waals surface area (Å²) in [6.07, 6.45) is 5.45. The Bertz CT molecular complexity index is 1470. The van der Waals surface area contributed by atoms with E-state index < -0.39 is 5.91 Å². The summed E-state index contributed by atoms with van der Waals surface area (Å²) in [5, 5.41) is 3.60. The van der Waals surface area contributed by atoms with E-state index in [1.54, 1.807) is 50.3 Å². The van der Waals surface area contributed by atoms with Crippen LogP contribution in [0.4, 0.5) is 5.82 Å². The first-order valence-corrected chi connectivity index (χ1v) is 11.8. The van der Waals surface area contributed by atoms with Crippen LogP contribution in [0, 0.1) is 0 Å². The Hall–Kier alpha value is -4.18. The van der Waals surface area contributed by atoms with Crippen LogP contribution in [0.25, 0.3) is 10.9 Å². The molecule has 0 spiro atoms. The van der Waals surface area contributed by atoms with Gasteiger partial charge in [0.2, 0.25) is 0 Å². The van der Waals surface area contributed by atoms with Gasteiger partial charge in [-0.15, -0.1) is 0 Å². The standard InChI is InChI=1S/C26H28N6O4/c1-30-21(16-32-12-4-5-13-32)24(26(34)31(30)2)25(33)29-23-9-7-18(15-28-23)36-22-10-11-27-20-14-17(35-3)6-8-19(20)22/h6-11,14-15H,4-5,12-13,16H2,1-3H3,(H,28,29,33). The van der Waals surface area contributed by atoms with Gasteiger partial charge in [0, 0.05) is 38.3 Å². The van der Waals surface area contributed by atoms with Crippen molar-refractivity contribution in [3.05, 3.63) is 70.4 Å². The molecule has 0 atom stereocenters. The first kappa shape index (κ1) is 23.6. The highest BCUT2D eigenvalue weighted by Gasteiger charge is 2.25. The molecule has 1 saturated heterocycles. The van der Waals surface area contributed by atoms with Crippen LogP contribution < -0.4 is 20.3 Å². The highest BCUT2D eigenvalue weighted by atomic mass is 16.5. The first-order chi connectivity index (χ1) is 17.4. The molecule has 1 amide bonds. The summed E-state index contributed by atoms with van der Waals surface area (Å²) in [5.74, 6) is 1.70. The van der Waals surface area contributed by atoms with Crippen LogP contribution in [-0.2, 0) is 20.6 Å². The van der Waals surface area contributed by atoms with Crippen LogP contribution >= 0.6 is 0 Å². The molecule has 1 N–H and O–H groups in total. The van der Waals surface area contributed by atoms with Crippen LogP contribution in [0.2, 0.25) is 0 Å². The molecular weight excluding hydrogens is 460 g/mol. The molecule has 186 valence electrons. The van der Waals surface area contributed by atoms with E-state index in [4.69, 9.17) is 9.47 Å². The molecule has 4 heterocycles. The maximum absolute atomic E-state index is 13.1. The molecule has 36 heavy (non-hydrogen) atoms. The molecule has 0 bridgehead atoms. The van der Waals surface area contributed by atoms with E-state index in [2.05, 4.69) is 20.2 Å². The fourth-order valence-corrected chi connectivity index (χ4v) is 4.46. The number of methoxy groups -OCH3 is 1. The van der Waals surface area contributed by atoms with Gasteiger partial charge < -0.3 is 14.8 Å². The summed E-state index contributed by atoms with van der Waals surface area (Å²) in [6, 6.07) is 10.7. The Labute approximate surface area is 208 Å². The van der Waals surface area contributed by atoms with E-state index in [-0.39, 0.29) is 11.1 Å². The topological polar surface area (TPSA) is 104 Å². The molecule has 10 heteroatoms. The van der Waals surface area contributed by atoms with Crippen LogP contribution in [0.1, 0.15) is 28.9 Å². The Morgan fingerprint density at radius 3 is 2.53 bits per heavy atom. The number of hydrogen-bond acceptors (Lipinski definition) is 7. The summed E-state index contributed by atoms with van der Waals surface area (Å²) in [5.41, 5.74) is 1.26. The zero-order valence-corrected chi connectivity index (χ0v) is 20.5. The summed E-state index contributed by atoms with van der Waals surface area (Å²) in [6.45, 7) is 2.49. The minimum Gasteiger partial charge on any atom is -0.497 e. The molecule has 1 fully saturated rings. The Balaban J connectivity index is 1.33. The minimum atomic E-state index is -0.472. The highest BCUT2D eigenvalue weighted by Crippen LogP contribution is 2.30. The Morgan fingerprint density at radius 1 is 1.03 bits per heavy atom. The molecule has 3 aromatic heterocycles. The molecular formula is C26H28N6O4. The second-order valence-corrected chi connectivity index (χ2v) is 8.78. The average Bonchev–Trinajstić information content (AvgIpc) is 3.48. The van der Waals surface area contributed by atoms with Crippen molar-refractivity contribution in [2.45, 2.75) is 19.4 Å². The lowest BCUT2D eigenvalue weighted by Gasteiger charge is -2.16. The molecule has 10 nitrogen and oxygen atoms in total. The molecule has 5 rings (SSSR count). The molecule has 1 aromatic carbocycles. The number of carbonyl (C=O) groups excluding carboxylic acids is 1. The van der Waals surface area contributed by atoms with Crippen LogP contribution in [0.5, 0.6) is 17.2 Å². The number of aromatic nitrogens is 4. The molecule has 0 radical (unpaired) electrons. The zero-order valence-electron chi connectivity index (χ0n) is 20.5. The predicted molar refractivity (Wildman–Crippen MR) is 136 cm³/mol. The van der Waals surface area contributed by atoms with Crippen LogP contribution in [-0.4, -0.2) is 50.3 Å². The van der Waals surface area contributed by atoms with Crippen molar-refractivity contribution in [2.75, 3.05) is 25.5 Å². The number of rotatable bonds is 7. The third-order valence-corrected chi connectivity index (χ3v) is 6.55. The lowest BCUT2D eigenvalue weighted by Crippen LogP contribution is -2.26. The fourth-order valence-electron chi connectivity index (χ4n) is 4.46. The van der Waals surface area contributed by atoms with Gasteiger partial charge in [-0.05, 0) is 56.3 Å². The van der Waals surface area contributed by atoms with E-state index in [1.807, 2.05) is 18.2 Å². The average molecular weight is 489 g/mol. The molecule has 1 aliphatic rings. The van der Waals surface area contributed by atoms with Crippen molar-refractivity contribution in [1.29, 1.82) is 0 Å². The second kappa shape index (κ2) is 9.82. The molecule has 0 aliphatic carbocycles.